The third-order valence-electron chi connectivity index (χ3n) is 9.36. The molecule has 290 valence electrons. The molecule has 3 aromatic heterocycles. The number of rotatable bonds is 23. The lowest BCUT2D eigenvalue weighted by Gasteiger charge is -2.17. The summed E-state index contributed by atoms with van der Waals surface area (Å²) in [4.78, 5) is 47.8. The number of oxazole rings is 1. The number of amides is 2. The minimum atomic E-state index is -0.192. The lowest BCUT2D eigenvalue weighted by Crippen LogP contribution is -2.28. The number of hydrogen-bond donors (Lipinski definition) is 3. The van der Waals surface area contributed by atoms with Crippen LogP contribution < -0.4 is 16.4 Å². The van der Waals surface area contributed by atoms with E-state index in [0.717, 1.165) is 104 Å². The molecule has 0 saturated heterocycles. The predicted octanol–water partition coefficient (Wildman–Crippen LogP) is 5.82. The van der Waals surface area contributed by atoms with Crippen LogP contribution in [0.3, 0.4) is 0 Å². The highest BCUT2D eigenvalue weighted by molar-refractivity contribution is 6.12. The number of nitrogens with two attached hydrogens (primary N) is 1. The Morgan fingerprint density at radius 1 is 1.02 bits per heavy atom. The number of hydrogen-bond acceptors (Lipinski definition) is 11. The van der Waals surface area contributed by atoms with Crippen LogP contribution in [0.1, 0.15) is 74.8 Å². The Kier molecular flexibility index (Phi) is 15.2. The Labute approximate surface area is 322 Å². The topological polar surface area (TPSA) is 182 Å². The average Bonchev–Trinajstić information content (AvgIpc) is 3.74. The fourth-order valence-corrected chi connectivity index (χ4v) is 6.74. The van der Waals surface area contributed by atoms with E-state index in [1.807, 2.05) is 29.8 Å². The summed E-state index contributed by atoms with van der Waals surface area (Å²) in [5.41, 5.74) is 14.2. The van der Waals surface area contributed by atoms with Gasteiger partial charge in [0.2, 0.25) is 6.41 Å². The molecule has 3 heterocycles. The normalized spacial score (nSPS) is 12.0. The fourth-order valence-electron chi connectivity index (χ4n) is 6.74. The largest absolute Gasteiger partial charge is 0.424 e. The van der Waals surface area contributed by atoms with Crippen LogP contribution in [0.5, 0.6) is 0 Å². The van der Waals surface area contributed by atoms with Crippen molar-refractivity contribution in [3.05, 3.63) is 76.9 Å². The van der Waals surface area contributed by atoms with Crippen LogP contribution in [0.2, 0.25) is 0 Å². The molecule has 55 heavy (non-hydrogen) atoms. The zero-order valence-corrected chi connectivity index (χ0v) is 32.3. The summed E-state index contributed by atoms with van der Waals surface area (Å²) in [6.07, 6.45) is 13.0. The van der Waals surface area contributed by atoms with Gasteiger partial charge in [-0.05, 0) is 100 Å². The summed E-state index contributed by atoms with van der Waals surface area (Å²) < 4.78 is 7.38. The van der Waals surface area contributed by atoms with Gasteiger partial charge in [-0.15, -0.1) is 0 Å². The molecule has 2 aromatic carbocycles. The van der Waals surface area contributed by atoms with Crippen molar-refractivity contribution in [2.75, 3.05) is 38.6 Å². The van der Waals surface area contributed by atoms with Gasteiger partial charge in [0, 0.05) is 31.1 Å². The maximum atomic E-state index is 12.8. The Morgan fingerprint density at radius 3 is 2.62 bits per heavy atom. The van der Waals surface area contributed by atoms with Crippen LogP contribution >= 0.6 is 0 Å². The number of unbranched alkanes of at least 4 members (excludes halogenated alkanes) is 3. The zero-order chi connectivity index (χ0) is 39.0. The molecule has 0 saturated carbocycles. The monoisotopic (exact) mass is 747 g/mol. The van der Waals surface area contributed by atoms with Crippen molar-refractivity contribution in [2.24, 2.45) is 9.98 Å². The van der Waals surface area contributed by atoms with Gasteiger partial charge in [0.25, 0.3) is 11.9 Å². The molecular weight excluding hydrogens is 695 g/mol. The molecule has 14 heteroatoms. The van der Waals surface area contributed by atoms with Gasteiger partial charge in [0.05, 0.1) is 29.9 Å². The Hall–Kier alpha value is -5.76. The van der Waals surface area contributed by atoms with E-state index in [-0.39, 0.29) is 11.9 Å². The van der Waals surface area contributed by atoms with Gasteiger partial charge in [-0.3, -0.25) is 24.5 Å². The first-order valence-corrected chi connectivity index (χ1v) is 19.1. The summed E-state index contributed by atoms with van der Waals surface area (Å²) in [6.45, 7) is 13.9. The second kappa shape index (κ2) is 20.6. The van der Waals surface area contributed by atoms with Gasteiger partial charge in [-0.1, -0.05) is 44.9 Å². The number of benzene rings is 2. The van der Waals surface area contributed by atoms with E-state index >= 15 is 0 Å². The third kappa shape index (κ3) is 11.1. The van der Waals surface area contributed by atoms with Crippen molar-refractivity contribution < 1.29 is 14.0 Å². The number of carbonyl (C=O) groups is 2. The van der Waals surface area contributed by atoms with E-state index < -0.39 is 0 Å². The van der Waals surface area contributed by atoms with E-state index in [4.69, 9.17) is 15.2 Å². The lowest BCUT2D eigenvalue weighted by molar-refractivity contribution is -0.117. The highest BCUT2D eigenvalue weighted by atomic mass is 16.4. The number of nitrogens with zero attached hydrogens (tertiary/aromatic N) is 8. The highest BCUT2D eigenvalue weighted by Gasteiger charge is 2.18. The fraction of sp³-hybridized carbons (Fsp3) is 0.415. The molecule has 5 aromatic rings. The number of nitrogen functional groups attached to an aromatic ring is 1. The second-order valence-electron chi connectivity index (χ2n) is 13.6. The molecule has 0 radical (unpaired) electrons. The van der Waals surface area contributed by atoms with Gasteiger partial charge >= 0.3 is 0 Å². The SMILES string of the molecule is C=N/C=C(\C=NCN(CCC)CCC)C(=O)NCCCCCCc1ccc(Cn2nc(-c3ccc4oc(N)nc4c3)c3c(C)ncnc32)cc1CCNC=O. The number of aliphatic imine (C=N–C) groups is 2. The van der Waals surface area contributed by atoms with Crippen molar-refractivity contribution in [3.8, 4) is 11.3 Å². The number of nitrogens with one attached hydrogen (secondary N) is 2. The van der Waals surface area contributed by atoms with Crippen LogP contribution in [0.15, 0.2) is 68.9 Å². The number of anilines is 1. The van der Waals surface area contributed by atoms with Crippen LogP contribution in [-0.4, -0.2) is 87.7 Å². The van der Waals surface area contributed by atoms with Crippen molar-refractivity contribution in [1.29, 1.82) is 0 Å². The first-order chi connectivity index (χ1) is 26.8. The number of aromatic nitrogens is 5. The summed E-state index contributed by atoms with van der Waals surface area (Å²) in [7, 11) is 0. The van der Waals surface area contributed by atoms with E-state index in [2.05, 4.69) is 79.2 Å². The predicted molar refractivity (Wildman–Crippen MR) is 219 cm³/mol. The Morgan fingerprint density at radius 2 is 1.84 bits per heavy atom. The molecule has 0 fully saturated rings. The third-order valence-corrected chi connectivity index (χ3v) is 9.36. The molecule has 14 nitrogen and oxygen atoms in total. The van der Waals surface area contributed by atoms with Gasteiger partial charge in [-0.25, -0.2) is 14.6 Å². The molecule has 0 spiro atoms. The van der Waals surface area contributed by atoms with Crippen molar-refractivity contribution >= 4 is 53.4 Å². The number of fused-ring (bicyclic) bond motifs is 2. The summed E-state index contributed by atoms with van der Waals surface area (Å²) >= 11 is 0. The molecule has 0 aliphatic rings. The van der Waals surface area contributed by atoms with Crippen molar-refractivity contribution in [2.45, 2.75) is 78.7 Å². The van der Waals surface area contributed by atoms with Crippen LogP contribution in [0.4, 0.5) is 6.01 Å². The van der Waals surface area contributed by atoms with Crippen LogP contribution in [0, 0.1) is 6.92 Å². The highest BCUT2D eigenvalue weighted by Crippen LogP contribution is 2.31. The molecule has 0 unspecified atom stereocenters. The first kappa shape index (κ1) is 40.4. The van der Waals surface area contributed by atoms with Crippen LogP contribution in [-0.2, 0) is 29.0 Å². The number of aryl methyl sites for hydroxylation is 2. The Balaban J connectivity index is 1.18. The lowest BCUT2D eigenvalue weighted by atomic mass is 9.96. The standard InChI is InChI=1S/C41H53N11O3/c1-5-19-51(20-6-2)27-45-24-34(23-43-4)40(54)46-17-10-8-7-9-11-31-13-12-30(21-32(31)16-18-44-28-53)25-52-39-37(29(3)47-26-48-39)38(50-52)33-14-15-36-35(22-33)49-41(42)55-36/h12-15,21-24,26,28H,4-11,16-20,25,27H2,1-3H3,(H2,42,49)(H,44,53)(H,46,54)/b34-23+,45-24?. The van der Waals surface area contributed by atoms with Crippen molar-refractivity contribution in [1.82, 2.24) is 40.3 Å². The van der Waals surface area contributed by atoms with Crippen molar-refractivity contribution in [3.63, 3.8) is 0 Å². The average molecular weight is 748 g/mol. The molecule has 2 amide bonds. The molecule has 0 atom stereocenters. The molecule has 0 bridgehead atoms. The van der Waals surface area contributed by atoms with E-state index in [1.54, 1.807) is 12.5 Å². The minimum absolute atomic E-state index is 0.119. The number of carbonyl (C=O) groups excluding carboxylic acids is 2. The smallest absolute Gasteiger partial charge is 0.292 e. The Bertz CT molecular complexity index is 2110. The van der Waals surface area contributed by atoms with Gasteiger partial charge in [-0.2, -0.15) is 10.1 Å². The summed E-state index contributed by atoms with van der Waals surface area (Å²) in [5, 5.41) is 11.7. The molecular formula is C41H53N11O3. The maximum absolute atomic E-state index is 12.8. The van der Waals surface area contributed by atoms with Gasteiger partial charge < -0.3 is 20.8 Å². The molecule has 0 aliphatic heterocycles. The summed E-state index contributed by atoms with van der Waals surface area (Å²) in [5.74, 6) is -0.192. The summed E-state index contributed by atoms with van der Waals surface area (Å²) in [6, 6.07) is 12.4. The molecule has 4 N–H and O–H groups in total. The molecule has 0 aliphatic carbocycles. The van der Waals surface area contributed by atoms with Gasteiger partial charge in [0.15, 0.2) is 11.2 Å². The molecule has 5 rings (SSSR count). The van der Waals surface area contributed by atoms with Gasteiger partial charge in [0.1, 0.15) is 17.5 Å². The maximum Gasteiger partial charge on any atom is 0.292 e. The first-order valence-electron chi connectivity index (χ1n) is 19.1. The second-order valence-corrected chi connectivity index (χ2v) is 13.6. The quantitative estimate of drug-likeness (QED) is 0.0321. The van der Waals surface area contributed by atoms with E-state index in [1.165, 1.54) is 17.3 Å². The van der Waals surface area contributed by atoms with Crippen LogP contribution in [0.25, 0.3) is 33.4 Å². The van der Waals surface area contributed by atoms with E-state index in [0.29, 0.717) is 43.0 Å². The minimum Gasteiger partial charge on any atom is -0.424 e. The zero-order valence-electron chi connectivity index (χ0n) is 32.3. The van der Waals surface area contributed by atoms with E-state index in [9.17, 15) is 9.59 Å².